The molecule has 0 saturated carbocycles. The predicted octanol–water partition coefficient (Wildman–Crippen LogP) is 3.14. The topological polar surface area (TPSA) is 72.4 Å². The van der Waals surface area contributed by atoms with Crippen LogP contribution in [0.4, 0.5) is 0 Å². The van der Waals surface area contributed by atoms with Gasteiger partial charge in [-0.15, -0.1) is 11.3 Å². The van der Waals surface area contributed by atoms with Crippen molar-refractivity contribution in [2.24, 2.45) is 0 Å². The molecule has 0 unspecified atom stereocenters. The van der Waals surface area contributed by atoms with Crippen molar-refractivity contribution in [3.8, 4) is 5.88 Å². The van der Waals surface area contributed by atoms with E-state index in [9.17, 15) is 8.42 Å². The summed E-state index contributed by atoms with van der Waals surface area (Å²) in [6, 6.07) is 6.75. The van der Waals surface area contributed by atoms with Gasteiger partial charge in [-0.25, -0.2) is 22.7 Å². The predicted molar refractivity (Wildman–Crippen MR) is 98.5 cm³/mol. The maximum absolute atomic E-state index is 12.2. The number of rotatable bonds is 5. The summed E-state index contributed by atoms with van der Waals surface area (Å²) in [5.41, 5.74) is 1.87. The van der Waals surface area contributed by atoms with Gasteiger partial charge in [-0.05, 0) is 37.1 Å². The van der Waals surface area contributed by atoms with Gasteiger partial charge in [0.25, 0.3) is 0 Å². The van der Waals surface area contributed by atoms with Crippen LogP contribution in [-0.4, -0.2) is 36.8 Å². The lowest BCUT2D eigenvalue weighted by molar-refractivity contribution is 0.297. The molecule has 3 rings (SSSR count). The number of thiophene rings is 1. The van der Waals surface area contributed by atoms with E-state index in [2.05, 4.69) is 9.97 Å². The Bertz CT molecular complexity index is 1030. The van der Waals surface area contributed by atoms with Crippen molar-refractivity contribution in [2.45, 2.75) is 25.3 Å². The van der Waals surface area contributed by atoms with E-state index in [1.54, 1.807) is 29.5 Å². The van der Waals surface area contributed by atoms with Crippen LogP contribution in [0.5, 0.6) is 5.88 Å². The van der Waals surface area contributed by atoms with Gasteiger partial charge in [-0.2, -0.15) is 0 Å². The second kappa shape index (κ2) is 6.70. The molecular weight excluding hydrogens is 358 g/mol. The molecule has 0 bridgehead atoms. The van der Waals surface area contributed by atoms with Crippen LogP contribution < -0.4 is 4.74 Å². The number of fused-ring (bicyclic) bond motifs is 1. The summed E-state index contributed by atoms with van der Waals surface area (Å²) in [5.74, 6) is 0.521. The van der Waals surface area contributed by atoms with E-state index < -0.39 is 10.0 Å². The van der Waals surface area contributed by atoms with E-state index in [-0.39, 0.29) is 11.5 Å². The zero-order chi connectivity index (χ0) is 18.2. The van der Waals surface area contributed by atoms with Gasteiger partial charge in [0.2, 0.25) is 15.9 Å². The first-order chi connectivity index (χ1) is 11.8. The second-order valence-electron chi connectivity index (χ2n) is 5.87. The summed E-state index contributed by atoms with van der Waals surface area (Å²) in [7, 11) is -0.443. The molecule has 0 saturated heterocycles. The maximum atomic E-state index is 12.2. The molecule has 0 fully saturated rings. The number of benzene rings is 1. The van der Waals surface area contributed by atoms with Crippen LogP contribution in [0.2, 0.25) is 0 Å². The molecule has 0 atom stereocenters. The number of aromatic nitrogens is 2. The van der Waals surface area contributed by atoms with Crippen LogP contribution >= 0.6 is 11.3 Å². The lowest BCUT2D eigenvalue weighted by atomic mass is 10.2. The van der Waals surface area contributed by atoms with E-state index in [4.69, 9.17) is 4.74 Å². The van der Waals surface area contributed by atoms with Crippen molar-refractivity contribution in [1.29, 1.82) is 0 Å². The number of sulfonamides is 1. The van der Waals surface area contributed by atoms with Crippen molar-refractivity contribution in [3.63, 3.8) is 0 Å². The van der Waals surface area contributed by atoms with E-state index >= 15 is 0 Å². The molecule has 3 aromatic rings. The summed E-state index contributed by atoms with van der Waals surface area (Å²) in [6.45, 7) is 4.30. The highest BCUT2D eigenvalue weighted by atomic mass is 32.2. The number of nitrogens with zero attached hydrogens (tertiary/aromatic N) is 3. The molecule has 2 aromatic heterocycles. The van der Waals surface area contributed by atoms with Gasteiger partial charge >= 0.3 is 0 Å². The molecule has 8 heteroatoms. The van der Waals surface area contributed by atoms with Crippen LogP contribution in [0, 0.1) is 13.8 Å². The molecule has 0 aliphatic heterocycles. The SMILES string of the molecule is Cc1sc2ncnc(OCc3cccc(S(=O)(=O)N(C)C)c3)c2c1C. The normalized spacial score (nSPS) is 12.0. The first kappa shape index (κ1) is 17.8. The van der Waals surface area contributed by atoms with E-state index in [1.165, 1.54) is 29.6 Å². The number of hydrogen-bond acceptors (Lipinski definition) is 6. The highest BCUT2D eigenvalue weighted by molar-refractivity contribution is 7.89. The van der Waals surface area contributed by atoms with Crippen LogP contribution in [0.3, 0.4) is 0 Å². The second-order valence-corrected chi connectivity index (χ2v) is 9.22. The Labute approximate surface area is 151 Å². The molecule has 0 radical (unpaired) electrons. The Morgan fingerprint density at radius 3 is 2.68 bits per heavy atom. The molecule has 132 valence electrons. The van der Waals surface area contributed by atoms with E-state index in [0.717, 1.165) is 21.3 Å². The lowest BCUT2D eigenvalue weighted by Gasteiger charge is -2.12. The van der Waals surface area contributed by atoms with Crippen LogP contribution in [-0.2, 0) is 16.6 Å². The highest BCUT2D eigenvalue weighted by Gasteiger charge is 2.18. The fourth-order valence-electron chi connectivity index (χ4n) is 2.42. The Kier molecular flexibility index (Phi) is 4.77. The first-order valence-corrected chi connectivity index (χ1v) is 9.91. The molecule has 0 N–H and O–H groups in total. The third-order valence-electron chi connectivity index (χ3n) is 3.98. The third-order valence-corrected chi connectivity index (χ3v) is 6.91. The Morgan fingerprint density at radius 2 is 1.96 bits per heavy atom. The van der Waals surface area contributed by atoms with Crippen molar-refractivity contribution >= 4 is 31.6 Å². The average molecular weight is 377 g/mol. The Morgan fingerprint density at radius 1 is 1.20 bits per heavy atom. The summed E-state index contributed by atoms with van der Waals surface area (Å²) >= 11 is 1.61. The largest absolute Gasteiger partial charge is 0.472 e. The monoisotopic (exact) mass is 377 g/mol. The minimum absolute atomic E-state index is 0.233. The molecular formula is C17H19N3O3S2. The van der Waals surface area contributed by atoms with Crippen molar-refractivity contribution in [2.75, 3.05) is 14.1 Å². The molecule has 2 heterocycles. The smallest absolute Gasteiger partial charge is 0.242 e. The maximum Gasteiger partial charge on any atom is 0.242 e. The fourth-order valence-corrected chi connectivity index (χ4v) is 4.38. The van der Waals surface area contributed by atoms with Gasteiger partial charge in [0.15, 0.2) is 0 Å². The minimum atomic E-state index is -3.47. The van der Waals surface area contributed by atoms with Crippen molar-refractivity contribution < 1.29 is 13.2 Å². The summed E-state index contributed by atoms with van der Waals surface area (Å²) in [5, 5.41) is 0.919. The summed E-state index contributed by atoms with van der Waals surface area (Å²) in [6.07, 6.45) is 1.49. The number of ether oxygens (including phenoxy) is 1. The number of aryl methyl sites for hydroxylation is 2. The molecule has 0 aliphatic carbocycles. The first-order valence-electron chi connectivity index (χ1n) is 7.65. The van der Waals surface area contributed by atoms with Crippen LogP contribution in [0.1, 0.15) is 16.0 Å². The zero-order valence-corrected chi connectivity index (χ0v) is 16.1. The van der Waals surface area contributed by atoms with Gasteiger partial charge in [0, 0.05) is 19.0 Å². The quantitative estimate of drug-likeness (QED) is 0.683. The molecule has 25 heavy (non-hydrogen) atoms. The zero-order valence-electron chi connectivity index (χ0n) is 14.5. The average Bonchev–Trinajstić information content (AvgIpc) is 2.88. The fraction of sp³-hybridized carbons (Fsp3) is 0.294. The summed E-state index contributed by atoms with van der Waals surface area (Å²) < 4.78 is 31.6. The van der Waals surface area contributed by atoms with Gasteiger partial charge in [0.1, 0.15) is 17.8 Å². The highest BCUT2D eigenvalue weighted by Crippen LogP contribution is 2.34. The Hall–Kier alpha value is -2.03. The van der Waals surface area contributed by atoms with Gasteiger partial charge in [0.05, 0.1) is 10.3 Å². The van der Waals surface area contributed by atoms with Gasteiger partial charge in [-0.1, -0.05) is 12.1 Å². The van der Waals surface area contributed by atoms with Crippen LogP contribution in [0.15, 0.2) is 35.5 Å². The standard InChI is InChI=1S/C17H19N3O3S2/c1-11-12(2)24-17-15(11)16(18-10-19-17)23-9-13-6-5-7-14(8-13)25(21,22)20(3)4/h5-8,10H,9H2,1-4H3. The molecule has 0 aliphatic rings. The molecule has 0 spiro atoms. The molecule has 6 nitrogen and oxygen atoms in total. The number of hydrogen-bond donors (Lipinski definition) is 0. The van der Waals surface area contributed by atoms with Crippen LogP contribution in [0.25, 0.3) is 10.2 Å². The Balaban J connectivity index is 1.88. The van der Waals surface area contributed by atoms with Gasteiger partial charge < -0.3 is 4.74 Å². The van der Waals surface area contributed by atoms with E-state index in [1.807, 2.05) is 19.9 Å². The van der Waals surface area contributed by atoms with Crippen molar-refractivity contribution in [3.05, 3.63) is 46.6 Å². The van der Waals surface area contributed by atoms with Crippen molar-refractivity contribution in [1.82, 2.24) is 14.3 Å². The van der Waals surface area contributed by atoms with Gasteiger partial charge in [-0.3, -0.25) is 0 Å². The van der Waals surface area contributed by atoms with E-state index in [0.29, 0.717) is 5.88 Å². The molecule has 1 aromatic carbocycles. The summed E-state index contributed by atoms with van der Waals surface area (Å²) in [4.78, 5) is 10.8. The minimum Gasteiger partial charge on any atom is -0.472 e. The third kappa shape index (κ3) is 3.37. The lowest BCUT2D eigenvalue weighted by Crippen LogP contribution is -2.22. The molecule has 0 amide bonds.